The van der Waals surface area contributed by atoms with Crippen LogP contribution >= 0.6 is 27.5 Å². The van der Waals surface area contributed by atoms with Gasteiger partial charge in [-0.3, -0.25) is 4.79 Å². The van der Waals surface area contributed by atoms with Crippen LogP contribution in [0.3, 0.4) is 0 Å². The summed E-state index contributed by atoms with van der Waals surface area (Å²) in [5.41, 5.74) is -0.614. The Morgan fingerprint density at radius 1 is 1.14 bits per heavy atom. The quantitative estimate of drug-likeness (QED) is 0.747. The zero-order chi connectivity index (χ0) is 15.6. The molecule has 0 aromatic heterocycles. The number of anilines is 1. The lowest BCUT2D eigenvalue weighted by Crippen LogP contribution is -2.13. The minimum absolute atomic E-state index is 0.0141. The van der Waals surface area contributed by atoms with Crippen LogP contribution in [0.1, 0.15) is 15.9 Å². The first-order chi connectivity index (χ1) is 9.75. The van der Waals surface area contributed by atoms with Crippen LogP contribution < -0.4 is 5.32 Å². The van der Waals surface area contributed by atoms with Crippen molar-refractivity contribution < 1.29 is 18.0 Å². The maximum atomic E-state index is 12.7. The Morgan fingerprint density at radius 2 is 1.86 bits per heavy atom. The molecular formula is C14H8BrClF3NO. The van der Waals surface area contributed by atoms with E-state index in [0.717, 1.165) is 12.1 Å². The van der Waals surface area contributed by atoms with Gasteiger partial charge in [0.2, 0.25) is 0 Å². The van der Waals surface area contributed by atoms with Crippen LogP contribution in [0, 0.1) is 0 Å². The summed E-state index contributed by atoms with van der Waals surface area (Å²) in [6, 6.07) is 9.39. The average Bonchev–Trinajstić information content (AvgIpc) is 2.37. The summed E-state index contributed by atoms with van der Waals surface area (Å²) in [4.78, 5) is 12.0. The van der Waals surface area contributed by atoms with E-state index in [1.807, 2.05) is 0 Å². The second-order valence-corrected chi connectivity index (χ2v) is 5.54. The molecule has 0 bridgehead atoms. The average molecular weight is 379 g/mol. The lowest BCUT2D eigenvalue weighted by molar-refractivity contribution is -0.137. The van der Waals surface area contributed by atoms with E-state index < -0.39 is 17.6 Å². The van der Waals surface area contributed by atoms with Crippen molar-refractivity contribution in [2.24, 2.45) is 0 Å². The first kappa shape index (κ1) is 15.9. The molecule has 0 radical (unpaired) electrons. The number of halogens is 5. The summed E-state index contributed by atoms with van der Waals surface area (Å²) >= 11 is 8.87. The molecule has 0 heterocycles. The second kappa shape index (κ2) is 6.07. The van der Waals surface area contributed by atoms with Crippen molar-refractivity contribution in [3.05, 3.63) is 63.1 Å². The molecule has 0 unspecified atom stereocenters. The van der Waals surface area contributed by atoms with Crippen molar-refractivity contribution in [3.63, 3.8) is 0 Å². The maximum absolute atomic E-state index is 12.7. The first-order valence-corrected chi connectivity index (χ1v) is 6.87. The zero-order valence-electron chi connectivity index (χ0n) is 10.3. The van der Waals surface area contributed by atoms with Crippen LogP contribution in [-0.4, -0.2) is 5.91 Å². The molecule has 1 N–H and O–H groups in total. The number of hydrogen-bond donors (Lipinski definition) is 1. The van der Waals surface area contributed by atoms with Gasteiger partial charge in [0.15, 0.2) is 0 Å². The Kier molecular flexibility index (Phi) is 4.58. The van der Waals surface area contributed by atoms with Gasteiger partial charge in [-0.2, -0.15) is 13.2 Å². The number of hydrogen-bond acceptors (Lipinski definition) is 1. The molecule has 0 aliphatic rings. The summed E-state index contributed by atoms with van der Waals surface area (Å²) in [6.45, 7) is 0. The highest BCUT2D eigenvalue weighted by molar-refractivity contribution is 9.10. The van der Waals surface area contributed by atoms with Crippen molar-refractivity contribution in [1.82, 2.24) is 0 Å². The van der Waals surface area contributed by atoms with Crippen LogP contribution in [0.15, 0.2) is 46.9 Å². The van der Waals surface area contributed by atoms with Gasteiger partial charge in [0, 0.05) is 20.7 Å². The smallest absolute Gasteiger partial charge is 0.322 e. The van der Waals surface area contributed by atoms with E-state index in [9.17, 15) is 18.0 Å². The Morgan fingerprint density at radius 3 is 2.48 bits per heavy atom. The second-order valence-electron chi connectivity index (χ2n) is 4.19. The van der Waals surface area contributed by atoms with E-state index in [2.05, 4.69) is 21.2 Å². The summed E-state index contributed by atoms with van der Waals surface area (Å²) in [7, 11) is 0. The molecule has 110 valence electrons. The fourth-order valence-electron chi connectivity index (χ4n) is 1.66. The van der Waals surface area contributed by atoms with Crippen LogP contribution in [0.2, 0.25) is 5.02 Å². The number of benzene rings is 2. The Hall–Kier alpha value is -1.53. The maximum Gasteiger partial charge on any atom is 0.416 e. The highest BCUT2D eigenvalue weighted by Gasteiger charge is 2.31. The molecule has 0 saturated carbocycles. The van der Waals surface area contributed by atoms with Crippen LogP contribution in [0.5, 0.6) is 0 Å². The van der Waals surface area contributed by atoms with Crippen molar-refractivity contribution >= 4 is 39.1 Å². The van der Waals surface area contributed by atoms with E-state index in [-0.39, 0.29) is 10.7 Å². The largest absolute Gasteiger partial charge is 0.416 e. The van der Waals surface area contributed by atoms with Crippen molar-refractivity contribution in [2.45, 2.75) is 6.18 Å². The molecule has 2 nitrogen and oxygen atoms in total. The molecule has 0 fully saturated rings. The Balaban J connectivity index is 2.27. The third-order valence-corrected chi connectivity index (χ3v) is 3.28. The monoisotopic (exact) mass is 377 g/mol. The highest BCUT2D eigenvalue weighted by Crippen LogP contribution is 2.33. The molecule has 0 aliphatic heterocycles. The molecule has 2 aromatic carbocycles. The topological polar surface area (TPSA) is 29.1 Å². The van der Waals surface area contributed by atoms with Gasteiger partial charge < -0.3 is 5.32 Å². The third kappa shape index (κ3) is 4.22. The van der Waals surface area contributed by atoms with E-state index in [1.54, 1.807) is 24.3 Å². The SMILES string of the molecule is O=C(Nc1cc(Cl)cc(C(F)(F)F)c1)c1cccc(Br)c1. The molecule has 0 saturated heterocycles. The lowest BCUT2D eigenvalue weighted by Gasteiger charge is -2.11. The fourth-order valence-corrected chi connectivity index (χ4v) is 2.29. The van der Waals surface area contributed by atoms with Gasteiger partial charge >= 0.3 is 6.18 Å². The molecule has 1 amide bonds. The molecule has 2 rings (SSSR count). The van der Waals surface area contributed by atoms with E-state index in [4.69, 9.17) is 11.6 Å². The third-order valence-electron chi connectivity index (χ3n) is 2.57. The van der Waals surface area contributed by atoms with Gasteiger partial charge in [0.1, 0.15) is 0 Å². The van der Waals surface area contributed by atoms with Gasteiger partial charge in [0.05, 0.1) is 5.56 Å². The number of alkyl halides is 3. The fraction of sp³-hybridized carbons (Fsp3) is 0.0714. The predicted molar refractivity (Wildman–Crippen MR) is 78.5 cm³/mol. The number of rotatable bonds is 2. The first-order valence-electron chi connectivity index (χ1n) is 5.70. The summed E-state index contributed by atoms with van der Waals surface area (Å²) in [5.74, 6) is -0.522. The minimum atomic E-state index is -4.53. The van der Waals surface area contributed by atoms with Crippen LogP contribution in [0.4, 0.5) is 18.9 Å². The van der Waals surface area contributed by atoms with Crippen molar-refractivity contribution in [1.29, 1.82) is 0 Å². The van der Waals surface area contributed by atoms with Gasteiger partial charge in [-0.1, -0.05) is 33.6 Å². The number of amides is 1. The minimum Gasteiger partial charge on any atom is -0.322 e. The molecule has 2 aromatic rings. The molecule has 0 aliphatic carbocycles. The van der Waals surface area contributed by atoms with Gasteiger partial charge in [-0.15, -0.1) is 0 Å². The number of carbonyl (C=O) groups is 1. The van der Waals surface area contributed by atoms with Crippen molar-refractivity contribution in [2.75, 3.05) is 5.32 Å². The van der Waals surface area contributed by atoms with E-state index >= 15 is 0 Å². The number of nitrogens with one attached hydrogen (secondary N) is 1. The summed E-state index contributed by atoms with van der Waals surface area (Å²) < 4.78 is 38.7. The van der Waals surface area contributed by atoms with E-state index in [0.29, 0.717) is 10.0 Å². The number of carbonyl (C=O) groups excluding carboxylic acids is 1. The Labute approximate surface area is 132 Å². The van der Waals surface area contributed by atoms with Crippen molar-refractivity contribution in [3.8, 4) is 0 Å². The Bertz CT molecular complexity index is 688. The molecule has 0 spiro atoms. The predicted octanol–water partition coefficient (Wildman–Crippen LogP) is 5.37. The molecule has 21 heavy (non-hydrogen) atoms. The summed E-state index contributed by atoms with van der Waals surface area (Å²) in [6.07, 6.45) is -4.53. The van der Waals surface area contributed by atoms with Gasteiger partial charge in [-0.05, 0) is 36.4 Å². The molecule has 0 atom stereocenters. The highest BCUT2D eigenvalue weighted by atomic mass is 79.9. The lowest BCUT2D eigenvalue weighted by atomic mass is 10.1. The standard InChI is InChI=1S/C14H8BrClF3NO/c15-10-3-1-2-8(4-10)13(21)20-12-6-9(14(17,18)19)5-11(16)7-12/h1-7H,(H,20,21). The van der Waals surface area contributed by atoms with Crippen LogP contribution in [-0.2, 0) is 6.18 Å². The van der Waals surface area contributed by atoms with Gasteiger partial charge in [-0.25, -0.2) is 0 Å². The zero-order valence-corrected chi connectivity index (χ0v) is 12.7. The summed E-state index contributed by atoms with van der Waals surface area (Å²) in [5, 5.41) is 2.29. The molecule has 7 heteroatoms. The normalized spacial score (nSPS) is 11.3. The van der Waals surface area contributed by atoms with Gasteiger partial charge in [0.25, 0.3) is 5.91 Å². The van der Waals surface area contributed by atoms with Crippen LogP contribution in [0.25, 0.3) is 0 Å². The molecular weight excluding hydrogens is 371 g/mol. The van der Waals surface area contributed by atoms with E-state index in [1.165, 1.54) is 6.07 Å².